The molecule has 0 saturated carbocycles. The molecule has 1 amide bonds. The zero-order chi connectivity index (χ0) is 12.1. The number of amides is 1. The van der Waals surface area contributed by atoms with Crippen LogP contribution in [0.25, 0.3) is 0 Å². The molecule has 2 aliphatic rings. The summed E-state index contributed by atoms with van der Waals surface area (Å²) in [6.45, 7) is 3.97. The maximum atomic E-state index is 12.1. The van der Waals surface area contributed by atoms with Gasteiger partial charge in [0.25, 0.3) is 0 Å². The summed E-state index contributed by atoms with van der Waals surface area (Å²) in [4.78, 5) is 14.0. The molecule has 98 valence electrons. The normalized spacial score (nSPS) is 30.3. The zero-order valence-electron chi connectivity index (χ0n) is 10.5. The molecule has 5 heteroatoms. The molecule has 17 heavy (non-hydrogen) atoms. The first-order valence-corrected chi connectivity index (χ1v) is 6.42. The van der Waals surface area contributed by atoms with Gasteiger partial charge < -0.3 is 19.7 Å². The molecule has 0 aromatic heterocycles. The molecule has 2 atom stereocenters. The van der Waals surface area contributed by atoms with Crippen molar-refractivity contribution in [2.75, 3.05) is 39.9 Å². The standard InChI is InChI=1S/C12H22N2O3/c1-16-10-3-2-5-14(9-10)12(15)7-11-8-13-4-6-17-11/h10-11,13H,2-9H2,1H3. The van der Waals surface area contributed by atoms with Crippen LogP contribution in [0.15, 0.2) is 0 Å². The number of rotatable bonds is 3. The monoisotopic (exact) mass is 242 g/mol. The Balaban J connectivity index is 1.78. The summed E-state index contributed by atoms with van der Waals surface area (Å²) in [7, 11) is 1.72. The van der Waals surface area contributed by atoms with Crippen molar-refractivity contribution in [2.24, 2.45) is 0 Å². The van der Waals surface area contributed by atoms with E-state index >= 15 is 0 Å². The minimum atomic E-state index is 0.0409. The fourth-order valence-electron chi connectivity index (χ4n) is 2.43. The number of likely N-dealkylation sites (tertiary alicyclic amines) is 1. The van der Waals surface area contributed by atoms with Gasteiger partial charge >= 0.3 is 0 Å². The molecule has 2 heterocycles. The van der Waals surface area contributed by atoms with Gasteiger partial charge in [-0.3, -0.25) is 4.79 Å². The van der Waals surface area contributed by atoms with Crippen molar-refractivity contribution in [3.8, 4) is 0 Å². The number of hydrogen-bond acceptors (Lipinski definition) is 4. The molecule has 0 aromatic rings. The van der Waals surface area contributed by atoms with E-state index in [0.717, 1.165) is 39.0 Å². The number of carbonyl (C=O) groups excluding carboxylic acids is 1. The molecule has 2 aliphatic heterocycles. The van der Waals surface area contributed by atoms with Crippen LogP contribution < -0.4 is 5.32 Å². The minimum Gasteiger partial charge on any atom is -0.380 e. The van der Waals surface area contributed by atoms with Crippen molar-refractivity contribution in [3.63, 3.8) is 0 Å². The van der Waals surface area contributed by atoms with E-state index in [1.54, 1.807) is 7.11 Å². The fraction of sp³-hybridized carbons (Fsp3) is 0.917. The molecule has 2 saturated heterocycles. The minimum absolute atomic E-state index is 0.0409. The molecule has 0 spiro atoms. The van der Waals surface area contributed by atoms with Gasteiger partial charge in [-0.15, -0.1) is 0 Å². The highest BCUT2D eigenvalue weighted by molar-refractivity contribution is 5.76. The lowest BCUT2D eigenvalue weighted by atomic mass is 10.1. The van der Waals surface area contributed by atoms with Crippen molar-refractivity contribution >= 4 is 5.91 Å². The third kappa shape index (κ3) is 3.66. The number of methoxy groups -OCH3 is 1. The lowest BCUT2D eigenvalue weighted by molar-refractivity contribution is -0.138. The van der Waals surface area contributed by atoms with E-state index in [9.17, 15) is 4.79 Å². The average molecular weight is 242 g/mol. The molecule has 0 radical (unpaired) electrons. The largest absolute Gasteiger partial charge is 0.380 e. The average Bonchev–Trinajstić information content (AvgIpc) is 2.40. The Bertz CT molecular complexity index is 254. The predicted octanol–water partition coefficient (Wildman–Crippen LogP) is 0.00230. The van der Waals surface area contributed by atoms with Crippen LogP contribution in [0.2, 0.25) is 0 Å². The Labute approximate surface area is 102 Å². The second-order valence-corrected chi connectivity index (χ2v) is 4.74. The Kier molecular flexibility index (Phi) is 4.76. The van der Waals surface area contributed by atoms with E-state index in [1.165, 1.54) is 0 Å². The lowest BCUT2D eigenvalue weighted by Gasteiger charge is -2.33. The van der Waals surface area contributed by atoms with E-state index in [-0.39, 0.29) is 18.1 Å². The molecule has 1 N–H and O–H groups in total. The van der Waals surface area contributed by atoms with Gasteiger partial charge in [0.2, 0.25) is 5.91 Å². The lowest BCUT2D eigenvalue weighted by Crippen LogP contribution is -2.46. The van der Waals surface area contributed by atoms with Gasteiger partial charge in [-0.25, -0.2) is 0 Å². The molecular formula is C12H22N2O3. The quantitative estimate of drug-likeness (QED) is 0.757. The number of morpholine rings is 1. The van der Waals surface area contributed by atoms with E-state index in [2.05, 4.69) is 5.32 Å². The highest BCUT2D eigenvalue weighted by Crippen LogP contribution is 2.14. The summed E-state index contributed by atoms with van der Waals surface area (Å²) in [5, 5.41) is 3.24. The molecule has 0 aromatic carbocycles. The van der Waals surface area contributed by atoms with Gasteiger partial charge in [-0.1, -0.05) is 0 Å². The number of ether oxygens (including phenoxy) is 2. The topological polar surface area (TPSA) is 50.8 Å². The van der Waals surface area contributed by atoms with Crippen molar-refractivity contribution in [1.82, 2.24) is 10.2 Å². The molecule has 2 unspecified atom stereocenters. The van der Waals surface area contributed by atoms with Crippen LogP contribution in [0.5, 0.6) is 0 Å². The predicted molar refractivity (Wildman–Crippen MR) is 63.8 cm³/mol. The highest BCUT2D eigenvalue weighted by atomic mass is 16.5. The SMILES string of the molecule is COC1CCCN(C(=O)CC2CNCCO2)C1. The Hall–Kier alpha value is -0.650. The Morgan fingerprint density at radius 2 is 2.47 bits per heavy atom. The second-order valence-electron chi connectivity index (χ2n) is 4.74. The summed E-state index contributed by atoms with van der Waals surface area (Å²) >= 11 is 0. The summed E-state index contributed by atoms with van der Waals surface area (Å²) in [6, 6.07) is 0. The summed E-state index contributed by atoms with van der Waals surface area (Å²) in [5.41, 5.74) is 0. The van der Waals surface area contributed by atoms with E-state index in [0.29, 0.717) is 13.0 Å². The van der Waals surface area contributed by atoms with Crippen LogP contribution in [-0.4, -0.2) is 62.9 Å². The number of piperidine rings is 1. The maximum Gasteiger partial charge on any atom is 0.225 e. The molecule has 2 fully saturated rings. The Morgan fingerprint density at radius 1 is 1.59 bits per heavy atom. The number of nitrogens with zero attached hydrogens (tertiary/aromatic N) is 1. The van der Waals surface area contributed by atoms with E-state index < -0.39 is 0 Å². The van der Waals surface area contributed by atoms with Gasteiger partial charge in [-0.2, -0.15) is 0 Å². The zero-order valence-corrected chi connectivity index (χ0v) is 10.5. The second kappa shape index (κ2) is 6.33. The van der Waals surface area contributed by atoms with Gasteiger partial charge in [0.05, 0.1) is 25.2 Å². The van der Waals surface area contributed by atoms with Crippen molar-refractivity contribution in [2.45, 2.75) is 31.5 Å². The van der Waals surface area contributed by atoms with Crippen LogP contribution >= 0.6 is 0 Å². The first-order chi connectivity index (χ1) is 8.29. The molecule has 0 bridgehead atoms. The van der Waals surface area contributed by atoms with E-state index in [1.807, 2.05) is 4.90 Å². The molecule has 5 nitrogen and oxygen atoms in total. The van der Waals surface area contributed by atoms with Crippen LogP contribution in [-0.2, 0) is 14.3 Å². The van der Waals surface area contributed by atoms with Gasteiger partial charge in [0, 0.05) is 33.3 Å². The molecular weight excluding hydrogens is 220 g/mol. The highest BCUT2D eigenvalue weighted by Gasteiger charge is 2.26. The van der Waals surface area contributed by atoms with Crippen molar-refractivity contribution in [3.05, 3.63) is 0 Å². The van der Waals surface area contributed by atoms with Crippen molar-refractivity contribution < 1.29 is 14.3 Å². The Morgan fingerprint density at radius 3 is 3.18 bits per heavy atom. The van der Waals surface area contributed by atoms with Gasteiger partial charge in [-0.05, 0) is 12.8 Å². The van der Waals surface area contributed by atoms with Gasteiger partial charge in [0.15, 0.2) is 0 Å². The first kappa shape index (κ1) is 12.8. The fourth-order valence-corrected chi connectivity index (χ4v) is 2.43. The maximum absolute atomic E-state index is 12.1. The first-order valence-electron chi connectivity index (χ1n) is 6.42. The number of carbonyl (C=O) groups is 1. The molecule has 2 rings (SSSR count). The third-order valence-electron chi connectivity index (χ3n) is 3.47. The third-order valence-corrected chi connectivity index (χ3v) is 3.47. The number of nitrogens with one attached hydrogen (secondary N) is 1. The van der Waals surface area contributed by atoms with E-state index in [4.69, 9.17) is 9.47 Å². The van der Waals surface area contributed by atoms with Crippen LogP contribution in [0.1, 0.15) is 19.3 Å². The van der Waals surface area contributed by atoms with Crippen molar-refractivity contribution in [1.29, 1.82) is 0 Å². The molecule has 0 aliphatic carbocycles. The number of hydrogen-bond donors (Lipinski definition) is 1. The van der Waals surface area contributed by atoms with Crippen LogP contribution in [0, 0.1) is 0 Å². The smallest absolute Gasteiger partial charge is 0.225 e. The summed E-state index contributed by atoms with van der Waals surface area (Å²) in [5.74, 6) is 0.195. The van der Waals surface area contributed by atoms with Crippen LogP contribution in [0.4, 0.5) is 0 Å². The summed E-state index contributed by atoms with van der Waals surface area (Å²) in [6.07, 6.45) is 2.83. The van der Waals surface area contributed by atoms with Gasteiger partial charge in [0.1, 0.15) is 0 Å². The van der Waals surface area contributed by atoms with Crippen LogP contribution in [0.3, 0.4) is 0 Å². The summed E-state index contributed by atoms with van der Waals surface area (Å²) < 4.78 is 10.9.